The quantitative estimate of drug-likeness (QED) is 0.583. The molecule has 152 valence electrons. The number of rotatable bonds is 4. The molecule has 0 spiro atoms. The van der Waals surface area contributed by atoms with E-state index in [1.54, 1.807) is 0 Å². The Morgan fingerprint density at radius 2 is 1.86 bits per heavy atom. The minimum absolute atomic E-state index is 0.0748. The first kappa shape index (κ1) is 19.8. The summed E-state index contributed by atoms with van der Waals surface area (Å²) in [5.74, 6) is 0. The van der Waals surface area contributed by atoms with Gasteiger partial charge in [-0.15, -0.1) is 0 Å². The van der Waals surface area contributed by atoms with Crippen molar-refractivity contribution in [3.8, 4) is 0 Å². The van der Waals surface area contributed by atoms with Crippen LogP contribution in [0.15, 0.2) is 71.3 Å². The van der Waals surface area contributed by atoms with Gasteiger partial charge in [-0.1, -0.05) is 72.4 Å². The van der Waals surface area contributed by atoms with Gasteiger partial charge >= 0.3 is 0 Å². The summed E-state index contributed by atoms with van der Waals surface area (Å²) in [6.45, 7) is 18.1. The molecule has 0 fully saturated rings. The third-order valence-corrected chi connectivity index (χ3v) is 6.39. The molecule has 1 aromatic rings. The molecule has 1 heterocycles. The van der Waals surface area contributed by atoms with E-state index in [0.717, 1.165) is 36.1 Å². The predicted molar refractivity (Wildman–Crippen MR) is 125 cm³/mol. The summed E-state index contributed by atoms with van der Waals surface area (Å²) in [5, 5.41) is 7.30. The van der Waals surface area contributed by atoms with Crippen LogP contribution < -0.4 is 10.6 Å². The van der Waals surface area contributed by atoms with Crippen molar-refractivity contribution in [1.29, 1.82) is 0 Å². The van der Waals surface area contributed by atoms with Gasteiger partial charge in [0.2, 0.25) is 0 Å². The Morgan fingerprint density at radius 3 is 2.55 bits per heavy atom. The summed E-state index contributed by atoms with van der Waals surface area (Å²) in [4.78, 5) is 0. The molecule has 0 aromatic heterocycles. The molecule has 2 heteroatoms. The highest BCUT2D eigenvalue weighted by Crippen LogP contribution is 2.53. The van der Waals surface area contributed by atoms with Gasteiger partial charge in [0.1, 0.15) is 0 Å². The Morgan fingerprint density at radius 1 is 1.17 bits per heavy atom. The molecule has 0 bridgehead atoms. The van der Waals surface area contributed by atoms with Crippen molar-refractivity contribution in [1.82, 2.24) is 5.32 Å². The van der Waals surface area contributed by atoms with E-state index < -0.39 is 0 Å². The van der Waals surface area contributed by atoms with Crippen molar-refractivity contribution in [2.24, 2.45) is 0 Å². The van der Waals surface area contributed by atoms with E-state index in [0.29, 0.717) is 0 Å². The van der Waals surface area contributed by atoms with Crippen LogP contribution in [0.1, 0.15) is 77.5 Å². The van der Waals surface area contributed by atoms with Crippen LogP contribution in [0.5, 0.6) is 0 Å². The minimum atomic E-state index is 0.0748. The molecular formula is C27H34N2. The number of benzene rings is 1. The molecule has 0 saturated heterocycles. The highest BCUT2D eigenvalue weighted by Gasteiger charge is 2.43. The maximum Gasteiger partial charge on any atom is 0.0438 e. The molecule has 0 saturated carbocycles. The van der Waals surface area contributed by atoms with E-state index in [1.165, 1.54) is 33.6 Å². The fourth-order valence-electron chi connectivity index (χ4n) is 4.51. The van der Waals surface area contributed by atoms with Crippen LogP contribution in [0, 0.1) is 0 Å². The summed E-state index contributed by atoms with van der Waals surface area (Å²) in [7, 11) is 0. The zero-order valence-electron chi connectivity index (χ0n) is 18.8. The lowest BCUT2D eigenvalue weighted by Gasteiger charge is -2.29. The molecule has 2 aliphatic carbocycles. The second-order valence-electron chi connectivity index (χ2n) is 9.96. The van der Waals surface area contributed by atoms with Crippen molar-refractivity contribution in [2.75, 3.05) is 5.32 Å². The molecule has 0 radical (unpaired) electrons. The third-order valence-electron chi connectivity index (χ3n) is 6.39. The number of fused-ring (bicyclic) bond motifs is 2. The average molecular weight is 387 g/mol. The summed E-state index contributed by atoms with van der Waals surface area (Å²) in [6, 6.07) is 4.78. The molecular weight excluding hydrogens is 352 g/mol. The third kappa shape index (κ3) is 3.39. The maximum atomic E-state index is 4.45. The molecule has 0 amide bonds. The highest BCUT2D eigenvalue weighted by molar-refractivity contribution is 5.74. The van der Waals surface area contributed by atoms with Crippen molar-refractivity contribution in [3.63, 3.8) is 0 Å². The largest absolute Gasteiger partial charge is 0.361 e. The van der Waals surface area contributed by atoms with Gasteiger partial charge in [-0.05, 0) is 53.0 Å². The van der Waals surface area contributed by atoms with Gasteiger partial charge in [-0.2, -0.15) is 0 Å². The van der Waals surface area contributed by atoms with Crippen LogP contribution in [0.3, 0.4) is 0 Å². The van der Waals surface area contributed by atoms with Gasteiger partial charge in [0.15, 0.2) is 0 Å². The first-order valence-electron chi connectivity index (χ1n) is 10.9. The number of nitrogens with one attached hydrogen (secondary N) is 2. The fourth-order valence-corrected chi connectivity index (χ4v) is 4.51. The van der Waals surface area contributed by atoms with E-state index >= 15 is 0 Å². The number of hydrogen-bond acceptors (Lipinski definition) is 2. The number of anilines is 1. The molecule has 4 rings (SSSR count). The highest BCUT2D eigenvalue weighted by atomic mass is 14.9. The van der Waals surface area contributed by atoms with Crippen molar-refractivity contribution in [3.05, 3.63) is 87.9 Å². The Balaban J connectivity index is 1.73. The van der Waals surface area contributed by atoms with Gasteiger partial charge in [0.25, 0.3) is 0 Å². The van der Waals surface area contributed by atoms with Gasteiger partial charge in [-0.3, -0.25) is 0 Å². The summed E-state index contributed by atoms with van der Waals surface area (Å²) in [5.41, 5.74) is 11.6. The second kappa shape index (κ2) is 6.79. The lowest BCUT2D eigenvalue weighted by molar-refractivity contribution is 0.592. The SMILES string of the molecule is C=C1C2=CCCC=C2NC=C1/C(=C\CC)Nc1cc2c(cc1C(C)(C)C)C2(C)C. The zero-order chi connectivity index (χ0) is 21.0. The van der Waals surface area contributed by atoms with E-state index in [-0.39, 0.29) is 10.8 Å². The van der Waals surface area contributed by atoms with Gasteiger partial charge in [0.05, 0.1) is 0 Å². The fraction of sp³-hybridized carbons (Fsp3) is 0.407. The van der Waals surface area contributed by atoms with E-state index in [1.807, 2.05) is 0 Å². The summed E-state index contributed by atoms with van der Waals surface area (Å²) < 4.78 is 0. The van der Waals surface area contributed by atoms with E-state index in [2.05, 4.69) is 95.3 Å². The molecule has 3 aliphatic rings. The van der Waals surface area contributed by atoms with Crippen LogP contribution in [0.2, 0.25) is 0 Å². The Hall–Kier alpha value is -2.48. The Kier molecular flexibility index (Phi) is 4.64. The molecule has 0 atom stereocenters. The first-order valence-corrected chi connectivity index (χ1v) is 10.9. The maximum absolute atomic E-state index is 4.45. The molecule has 2 N–H and O–H groups in total. The standard InChI is InChI=1S/C27H34N2/c1-8-11-24(19-16-28-23-13-10-9-12-18(23)17(19)2)29-25-15-21-20(27(21,6)7)14-22(25)26(3,4)5/h11-16,28-29H,2,8-10H2,1,3-7H3/b24-11+. The molecule has 0 unspecified atom stereocenters. The van der Waals surface area contributed by atoms with Crippen LogP contribution in [-0.2, 0) is 10.8 Å². The average Bonchev–Trinajstić information content (AvgIpc) is 3.20. The van der Waals surface area contributed by atoms with E-state index in [4.69, 9.17) is 0 Å². The topological polar surface area (TPSA) is 24.1 Å². The van der Waals surface area contributed by atoms with Crippen molar-refractivity contribution < 1.29 is 0 Å². The molecule has 1 aliphatic heterocycles. The lowest BCUT2D eigenvalue weighted by Crippen LogP contribution is -2.21. The minimum Gasteiger partial charge on any atom is -0.361 e. The van der Waals surface area contributed by atoms with Gasteiger partial charge in [-0.25, -0.2) is 0 Å². The summed E-state index contributed by atoms with van der Waals surface area (Å²) >= 11 is 0. The summed E-state index contributed by atoms with van der Waals surface area (Å²) in [6.07, 6.45) is 12.1. The van der Waals surface area contributed by atoms with Crippen LogP contribution in [0.25, 0.3) is 0 Å². The van der Waals surface area contributed by atoms with Crippen molar-refractivity contribution >= 4 is 5.69 Å². The van der Waals surface area contributed by atoms with Crippen molar-refractivity contribution in [2.45, 2.75) is 71.6 Å². The van der Waals surface area contributed by atoms with Crippen LogP contribution >= 0.6 is 0 Å². The zero-order valence-corrected chi connectivity index (χ0v) is 18.8. The smallest absolute Gasteiger partial charge is 0.0438 e. The number of allylic oxidation sites excluding steroid dienone is 5. The normalized spacial score (nSPS) is 20.0. The van der Waals surface area contributed by atoms with Crippen LogP contribution in [-0.4, -0.2) is 0 Å². The van der Waals surface area contributed by atoms with Gasteiger partial charge in [0, 0.05) is 39.8 Å². The molecule has 2 nitrogen and oxygen atoms in total. The second-order valence-corrected chi connectivity index (χ2v) is 9.96. The monoisotopic (exact) mass is 386 g/mol. The van der Waals surface area contributed by atoms with Gasteiger partial charge < -0.3 is 10.6 Å². The molecule has 29 heavy (non-hydrogen) atoms. The first-order chi connectivity index (χ1) is 13.6. The Bertz CT molecular complexity index is 1000. The Labute approximate surface area is 176 Å². The van der Waals surface area contributed by atoms with Crippen LogP contribution in [0.4, 0.5) is 5.69 Å². The number of hydrogen-bond donors (Lipinski definition) is 2. The lowest BCUT2D eigenvalue weighted by atomic mass is 9.85. The van der Waals surface area contributed by atoms with E-state index in [9.17, 15) is 0 Å². The molecule has 1 aromatic carbocycles. The predicted octanol–water partition coefficient (Wildman–Crippen LogP) is 6.98.